The van der Waals surface area contributed by atoms with Gasteiger partial charge >= 0.3 is 5.97 Å². The largest absolute Gasteiger partial charge is 0.478 e. The molecule has 2 N–H and O–H groups in total. The summed E-state index contributed by atoms with van der Waals surface area (Å²) in [7, 11) is 3.90. The molecule has 0 saturated carbocycles. The average Bonchev–Trinajstić information content (AvgIpc) is 2.13. The molecule has 92 valence electrons. The Bertz CT molecular complexity index is 264. The number of carboxylic acids is 1. The summed E-state index contributed by atoms with van der Waals surface area (Å²) in [6.07, 6.45) is 1.85. The Morgan fingerprint density at radius 3 is 2.25 bits per heavy atom. The van der Waals surface area contributed by atoms with Gasteiger partial charge in [-0.2, -0.15) is 0 Å². The number of amides is 1. The second-order valence-corrected chi connectivity index (χ2v) is 4.19. The monoisotopic (exact) mass is 228 g/mol. The van der Waals surface area contributed by atoms with Gasteiger partial charge in [0.25, 0.3) is 0 Å². The summed E-state index contributed by atoms with van der Waals surface area (Å²) < 4.78 is 0. The van der Waals surface area contributed by atoms with Gasteiger partial charge in [0.1, 0.15) is 0 Å². The maximum atomic E-state index is 11.2. The molecule has 1 amide bonds. The van der Waals surface area contributed by atoms with Crippen LogP contribution in [-0.2, 0) is 9.59 Å². The fraction of sp³-hybridized carbons (Fsp3) is 0.636. The van der Waals surface area contributed by atoms with Crippen LogP contribution in [0.25, 0.3) is 0 Å². The van der Waals surface area contributed by atoms with Crippen molar-refractivity contribution in [2.75, 3.05) is 20.6 Å². The van der Waals surface area contributed by atoms with Crippen LogP contribution in [0.5, 0.6) is 0 Å². The number of hydrogen-bond donors (Lipinski definition) is 2. The number of nitrogens with one attached hydrogen (secondary N) is 1. The molecule has 16 heavy (non-hydrogen) atoms. The van der Waals surface area contributed by atoms with Gasteiger partial charge in [0.15, 0.2) is 0 Å². The van der Waals surface area contributed by atoms with E-state index in [2.05, 4.69) is 19.2 Å². The van der Waals surface area contributed by atoms with Crippen molar-refractivity contribution < 1.29 is 14.7 Å². The zero-order chi connectivity index (χ0) is 12.7. The van der Waals surface area contributed by atoms with Gasteiger partial charge in [-0.3, -0.25) is 4.79 Å². The molecule has 1 atom stereocenters. The topological polar surface area (TPSA) is 69.6 Å². The zero-order valence-electron chi connectivity index (χ0n) is 10.2. The van der Waals surface area contributed by atoms with Crippen LogP contribution < -0.4 is 5.32 Å². The molecule has 0 aromatic heterocycles. The minimum Gasteiger partial charge on any atom is -0.478 e. The Balaban J connectivity index is 4.11. The lowest BCUT2D eigenvalue weighted by Gasteiger charge is -2.27. The van der Waals surface area contributed by atoms with Gasteiger partial charge in [0.2, 0.25) is 5.91 Å². The number of aliphatic carboxylic acids is 1. The number of rotatable bonds is 6. The normalized spacial score (nSPS) is 13.4. The molecule has 5 nitrogen and oxygen atoms in total. The Kier molecular flexibility index (Phi) is 6.41. The number of likely N-dealkylation sites (N-methyl/N-ethyl adjacent to an activating group) is 1. The van der Waals surface area contributed by atoms with Gasteiger partial charge in [0.05, 0.1) is 0 Å². The molecule has 0 aromatic rings. The van der Waals surface area contributed by atoms with Crippen LogP contribution >= 0.6 is 0 Å². The first-order valence-electron chi connectivity index (χ1n) is 5.20. The van der Waals surface area contributed by atoms with Crippen molar-refractivity contribution in [3.8, 4) is 0 Å². The van der Waals surface area contributed by atoms with E-state index in [1.807, 2.05) is 19.0 Å². The molecule has 0 bridgehead atoms. The highest BCUT2D eigenvalue weighted by Gasteiger charge is 2.15. The summed E-state index contributed by atoms with van der Waals surface area (Å²) in [6, 6.07) is 0.238. The predicted octanol–water partition coefficient (Wildman–Crippen LogP) is 0.330. The molecular formula is C11H20N2O3. The zero-order valence-corrected chi connectivity index (χ0v) is 10.2. The molecule has 0 radical (unpaired) electrons. The van der Waals surface area contributed by atoms with Crippen LogP contribution in [-0.4, -0.2) is 48.6 Å². The average molecular weight is 228 g/mol. The molecule has 0 fully saturated rings. The number of hydrogen-bond acceptors (Lipinski definition) is 3. The van der Waals surface area contributed by atoms with Gasteiger partial charge < -0.3 is 15.3 Å². The molecule has 0 aliphatic carbocycles. The quantitative estimate of drug-likeness (QED) is 0.643. The summed E-state index contributed by atoms with van der Waals surface area (Å²) in [5.41, 5.74) is 0. The molecule has 0 aliphatic rings. The molecule has 0 heterocycles. The molecule has 0 saturated heterocycles. The van der Waals surface area contributed by atoms with Crippen LogP contribution in [0.2, 0.25) is 0 Å². The number of carboxylic acid groups (broad SMARTS) is 1. The van der Waals surface area contributed by atoms with Gasteiger partial charge in [-0.25, -0.2) is 4.79 Å². The summed E-state index contributed by atoms with van der Waals surface area (Å²) in [4.78, 5) is 23.4. The van der Waals surface area contributed by atoms with Crippen molar-refractivity contribution >= 4 is 11.9 Å². The highest BCUT2D eigenvalue weighted by atomic mass is 16.4. The van der Waals surface area contributed by atoms with Gasteiger partial charge in [-0.1, -0.05) is 13.8 Å². The molecule has 1 unspecified atom stereocenters. The summed E-state index contributed by atoms with van der Waals surface area (Å²) in [5, 5.41) is 11.0. The van der Waals surface area contributed by atoms with Crippen molar-refractivity contribution in [1.82, 2.24) is 10.2 Å². The van der Waals surface area contributed by atoms with E-state index in [0.717, 1.165) is 12.2 Å². The first-order chi connectivity index (χ1) is 7.34. The van der Waals surface area contributed by atoms with Crippen molar-refractivity contribution in [3.05, 3.63) is 12.2 Å². The third kappa shape index (κ3) is 6.19. The standard InChI is InChI=1S/C11H20N2O3/c1-8(2)9(13(3)4)7-12-10(14)5-6-11(15)16/h5-6,8-9H,7H2,1-4H3,(H,12,14)(H,15,16)/b6-5+. The van der Waals surface area contributed by atoms with E-state index < -0.39 is 5.97 Å². The summed E-state index contributed by atoms with van der Waals surface area (Å²) >= 11 is 0. The smallest absolute Gasteiger partial charge is 0.328 e. The number of nitrogens with zero attached hydrogens (tertiary/aromatic N) is 1. The van der Waals surface area contributed by atoms with E-state index in [1.54, 1.807) is 0 Å². The van der Waals surface area contributed by atoms with Crippen LogP contribution in [0, 0.1) is 5.92 Å². The minimum atomic E-state index is -1.12. The first kappa shape index (κ1) is 14.6. The lowest BCUT2D eigenvalue weighted by molar-refractivity contribution is -0.131. The minimum absolute atomic E-state index is 0.238. The highest BCUT2D eigenvalue weighted by molar-refractivity contribution is 5.93. The first-order valence-corrected chi connectivity index (χ1v) is 5.20. The number of carbonyl (C=O) groups excluding carboxylic acids is 1. The highest BCUT2D eigenvalue weighted by Crippen LogP contribution is 2.05. The van der Waals surface area contributed by atoms with Crippen molar-refractivity contribution in [3.63, 3.8) is 0 Å². The fourth-order valence-electron chi connectivity index (χ4n) is 1.43. The Morgan fingerprint density at radius 2 is 1.88 bits per heavy atom. The maximum Gasteiger partial charge on any atom is 0.328 e. The van der Waals surface area contributed by atoms with E-state index in [-0.39, 0.29) is 11.9 Å². The lowest BCUT2D eigenvalue weighted by Crippen LogP contribution is -2.43. The van der Waals surface area contributed by atoms with E-state index in [1.165, 1.54) is 0 Å². The van der Waals surface area contributed by atoms with E-state index in [0.29, 0.717) is 12.5 Å². The molecule has 0 spiro atoms. The molecule has 0 rings (SSSR count). The molecule has 0 aromatic carbocycles. The molecule has 5 heteroatoms. The van der Waals surface area contributed by atoms with Crippen LogP contribution in [0.3, 0.4) is 0 Å². The summed E-state index contributed by atoms with van der Waals surface area (Å²) in [6.45, 7) is 4.65. The van der Waals surface area contributed by atoms with Gasteiger partial charge in [-0.15, -0.1) is 0 Å². The van der Waals surface area contributed by atoms with Crippen molar-refractivity contribution in [2.45, 2.75) is 19.9 Å². The predicted molar refractivity (Wildman–Crippen MR) is 62.1 cm³/mol. The third-order valence-electron chi connectivity index (χ3n) is 2.30. The van der Waals surface area contributed by atoms with Crippen molar-refractivity contribution in [2.24, 2.45) is 5.92 Å². The van der Waals surface area contributed by atoms with Crippen molar-refractivity contribution in [1.29, 1.82) is 0 Å². The third-order valence-corrected chi connectivity index (χ3v) is 2.30. The SMILES string of the molecule is CC(C)C(CNC(=O)/C=C/C(=O)O)N(C)C. The van der Waals surface area contributed by atoms with E-state index in [4.69, 9.17) is 5.11 Å². The Labute approximate surface area is 96.1 Å². The molecular weight excluding hydrogens is 208 g/mol. The second-order valence-electron chi connectivity index (χ2n) is 4.19. The van der Waals surface area contributed by atoms with Crippen LogP contribution in [0.15, 0.2) is 12.2 Å². The van der Waals surface area contributed by atoms with Gasteiger partial charge in [0, 0.05) is 24.7 Å². The second kappa shape index (κ2) is 7.00. The maximum absolute atomic E-state index is 11.2. The van der Waals surface area contributed by atoms with Crippen LogP contribution in [0.1, 0.15) is 13.8 Å². The Hall–Kier alpha value is -1.36. The lowest BCUT2D eigenvalue weighted by atomic mass is 10.0. The van der Waals surface area contributed by atoms with E-state index >= 15 is 0 Å². The van der Waals surface area contributed by atoms with Crippen LogP contribution in [0.4, 0.5) is 0 Å². The summed E-state index contributed by atoms with van der Waals surface area (Å²) in [5.74, 6) is -1.09. The van der Waals surface area contributed by atoms with Gasteiger partial charge in [-0.05, 0) is 20.0 Å². The molecule has 0 aliphatic heterocycles. The van der Waals surface area contributed by atoms with E-state index in [9.17, 15) is 9.59 Å². The fourth-order valence-corrected chi connectivity index (χ4v) is 1.43. The Morgan fingerprint density at radius 1 is 1.31 bits per heavy atom. The number of carbonyl (C=O) groups is 2.